The van der Waals surface area contributed by atoms with Gasteiger partial charge in [-0.1, -0.05) is 32.4 Å². The van der Waals surface area contributed by atoms with Crippen LogP contribution in [0, 0.1) is 5.41 Å². The number of carbonyl (C=O) groups excluding carboxylic acids is 2. The first-order valence-corrected chi connectivity index (χ1v) is 9.32. The molecule has 0 spiro atoms. The molecule has 1 aromatic rings. The Labute approximate surface area is 172 Å². The highest BCUT2D eigenvalue weighted by atomic mass is 35.5. The summed E-state index contributed by atoms with van der Waals surface area (Å²) in [6.45, 7) is 9.85. The van der Waals surface area contributed by atoms with Crippen LogP contribution in [-0.2, 0) is 14.3 Å². The molecule has 1 amide bonds. The van der Waals surface area contributed by atoms with E-state index in [-0.39, 0.29) is 17.9 Å². The molecular formula is C21H30ClNO5. The second-order valence-electron chi connectivity index (χ2n) is 8.35. The van der Waals surface area contributed by atoms with E-state index in [1.165, 1.54) is 26.4 Å². The van der Waals surface area contributed by atoms with Gasteiger partial charge < -0.3 is 19.5 Å². The molecular weight excluding hydrogens is 382 g/mol. The summed E-state index contributed by atoms with van der Waals surface area (Å²) in [4.78, 5) is 24.0. The van der Waals surface area contributed by atoms with Crippen molar-refractivity contribution in [2.24, 2.45) is 5.41 Å². The fraction of sp³-hybridized carbons (Fsp3) is 0.524. The van der Waals surface area contributed by atoms with E-state index in [4.69, 9.17) is 25.8 Å². The fourth-order valence-corrected chi connectivity index (χ4v) is 3.46. The van der Waals surface area contributed by atoms with Crippen LogP contribution in [0.25, 0.3) is 6.08 Å². The number of amides is 1. The molecule has 0 aromatic heterocycles. The third kappa shape index (κ3) is 8.21. The van der Waals surface area contributed by atoms with Crippen molar-refractivity contribution in [2.45, 2.75) is 46.6 Å². The maximum absolute atomic E-state index is 12.1. The van der Waals surface area contributed by atoms with Crippen LogP contribution in [-0.4, -0.2) is 38.2 Å². The zero-order valence-corrected chi connectivity index (χ0v) is 18.4. The molecule has 1 rings (SSSR count). The Morgan fingerprint density at radius 2 is 1.75 bits per heavy atom. The molecule has 28 heavy (non-hydrogen) atoms. The van der Waals surface area contributed by atoms with Gasteiger partial charge in [-0.15, -0.1) is 0 Å². The molecule has 1 aromatic carbocycles. The van der Waals surface area contributed by atoms with Crippen molar-refractivity contribution < 1.29 is 23.8 Å². The Kier molecular flexibility index (Phi) is 8.36. The number of ether oxygens (including phenoxy) is 3. The van der Waals surface area contributed by atoms with Crippen LogP contribution in [0.3, 0.4) is 0 Å². The normalized spacial score (nSPS) is 12.0. The van der Waals surface area contributed by atoms with Crippen LogP contribution >= 0.6 is 11.6 Å². The Morgan fingerprint density at radius 3 is 2.29 bits per heavy atom. The van der Waals surface area contributed by atoms with Gasteiger partial charge in [0, 0.05) is 11.6 Å². The number of carbonyl (C=O) groups is 2. The molecule has 7 heteroatoms. The lowest BCUT2D eigenvalue weighted by Gasteiger charge is -2.33. The average molecular weight is 412 g/mol. The zero-order valence-electron chi connectivity index (χ0n) is 17.6. The highest BCUT2D eigenvalue weighted by molar-refractivity contribution is 6.32. The first kappa shape index (κ1) is 23.8. The van der Waals surface area contributed by atoms with E-state index in [2.05, 4.69) is 26.1 Å². The monoisotopic (exact) mass is 411 g/mol. The third-order valence-electron chi connectivity index (χ3n) is 3.66. The second kappa shape index (κ2) is 9.82. The van der Waals surface area contributed by atoms with Gasteiger partial charge in [-0.3, -0.25) is 4.79 Å². The highest BCUT2D eigenvalue weighted by Crippen LogP contribution is 2.36. The summed E-state index contributed by atoms with van der Waals surface area (Å²) >= 11 is 6.13. The van der Waals surface area contributed by atoms with E-state index < -0.39 is 11.5 Å². The molecule has 0 saturated heterocycles. The molecule has 6 nitrogen and oxygen atoms in total. The number of esters is 1. The number of hydrogen-bond acceptors (Lipinski definition) is 5. The van der Waals surface area contributed by atoms with E-state index in [0.717, 1.165) is 6.42 Å². The van der Waals surface area contributed by atoms with Crippen molar-refractivity contribution in [3.8, 4) is 11.5 Å². The Bertz CT molecular complexity index is 735. The zero-order chi connectivity index (χ0) is 21.5. The van der Waals surface area contributed by atoms with Gasteiger partial charge in [0.25, 0.3) is 5.91 Å². The maximum atomic E-state index is 12.1. The predicted molar refractivity (Wildman–Crippen MR) is 111 cm³/mol. The lowest BCUT2D eigenvalue weighted by Crippen LogP contribution is -2.47. The van der Waals surface area contributed by atoms with Crippen LogP contribution in [0.15, 0.2) is 18.2 Å². The minimum absolute atomic E-state index is 0.0664. The van der Waals surface area contributed by atoms with Gasteiger partial charge in [0.1, 0.15) is 0 Å². The van der Waals surface area contributed by atoms with Gasteiger partial charge in [-0.05, 0) is 49.5 Å². The molecule has 0 heterocycles. The van der Waals surface area contributed by atoms with Gasteiger partial charge in [0.15, 0.2) is 18.1 Å². The van der Waals surface area contributed by atoms with Crippen LogP contribution < -0.4 is 14.8 Å². The summed E-state index contributed by atoms with van der Waals surface area (Å²) in [5.41, 5.74) is 0.306. The number of methoxy groups -OCH3 is 2. The summed E-state index contributed by atoms with van der Waals surface area (Å²) in [5, 5.41) is 3.25. The Morgan fingerprint density at radius 1 is 1.11 bits per heavy atom. The number of hydrogen-bond donors (Lipinski definition) is 1. The highest BCUT2D eigenvalue weighted by Gasteiger charge is 2.27. The molecule has 0 radical (unpaired) electrons. The van der Waals surface area contributed by atoms with Gasteiger partial charge >= 0.3 is 5.97 Å². The summed E-state index contributed by atoms with van der Waals surface area (Å²) in [5.74, 6) is -0.109. The van der Waals surface area contributed by atoms with Crippen molar-refractivity contribution in [2.75, 3.05) is 20.8 Å². The Hall–Kier alpha value is -2.21. The topological polar surface area (TPSA) is 73.9 Å². The lowest BCUT2D eigenvalue weighted by atomic mass is 9.82. The van der Waals surface area contributed by atoms with E-state index in [1.807, 2.05) is 13.8 Å². The molecule has 0 aliphatic heterocycles. The SMILES string of the molecule is COc1cc(/C=C/C(=O)OCC(=O)NC(C)(C)CC(C)(C)C)cc(Cl)c1OC. The number of rotatable bonds is 8. The largest absolute Gasteiger partial charge is 0.493 e. The Balaban J connectivity index is 2.63. The predicted octanol–water partition coefficient (Wildman–Crippen LogP) is 4.24. The fourth-order valence-electron chi connectivity index (χ4n) is 3.17. The van der Waals surface area contributed by atoms with Crippen LogP contribution in [0.1, 0.15) is 46.6 Å². The minimum atomic E-state index is -0.630. The standard InChI is InChI=1S/C21H30ClNO5/c1-20(2,3)13-21(4,5)23-17(24)12-28-18(25)9-8-14-10-15(22)19(27-7)16(11-14)26-6/h8-11H,12-13H2,1-7H3,(H,23,24)/b9-8+. The van der Waals surface area contributed by atoms with Crippen molar-refractivity contribution in [3.05, 3.63) is 28.8 Å². The lowest BCUT2D eigenvalue weighted by molar-refractivity contribution is -0.144. The number of benzene rings is 1. The van der Waals surface area contributed by atoms with Gasteiger partial charge in [-0.25, -0.2) is 4.79 Å². The van der Waals surface area contributed by atoms with Gasteiger partial charge in [-0.2, -0.15) is 0 Å². The molecule has 0 bridgehead atoms. The molecule has 0 aliphatic carbocycles. The van der Waals surface area contributed by atoms with E-state index >= 15 is 0 Å². The van der Waals surface area contributed by atoms with Crippen LogP contribution in [0.5, 0.6) is 11.5 Å². The molecule has 0 fully saturated rings. The smallest absolute Gasteiger partial charge is 0.331 e. The van der Waals surface area contributed by atoms with Crippen molar-refractivity contribution >= 4 is 29.6 Å². The molecule has 0 saturated carbocycles. The molecule has 0 unspecified atom stereocenters. The number of nitrogens with one attached hydrogen (secondary N) is 1. The number of halogens is 1. The first-order valence-electron chi connectivity index (χ1n) is 8.94. The first-order chi connectivity index (χ1) is 12.9. The minimum Gasteiger partial charge on any atom is -0.493 e. The summed E-state index contributed by atoms with van der Waals surface area (Å²) in [6, 6.07) is 3.31. The summed E-state index contributed by atoms with van der Waals surface area (Å²) in [7, 11) is 2.99. The molecule has 1 N–H and O–H groups in total. The van der Waals surface area contributed by atoms with Crippen molar-refractivity contribution in [1.82, 2.24) is 5.32 Å². The third-order valence-corrected chi connectivity index (χ3v) is 3.94. The quantitative estimate of drug-likeness (QED) is 0.511. The van der Waals surface area contributed by atoms with Crippen molar-refractivity contribution in [1.29, 1.82) is 0 Å². The second-order valence-corrected chi connectivity index (χ2v) is 8.76. The van der Waals surface area contributed by atoms with Crippen LogP contribution in [0.4, 0.5) is 0 Å². The molecule has 156 valence electrons. The van der Waals surface area contributed by atoms with Gasteiger partial charge in [0.05, 0.1) is 19.2 Å². The molecule has 0 atom stereocenters. The van der Waals surface area contributed by atoms with E-state index in [1.54, 1.807) is 12.1 Å². The summed E-state index contributed by atoms with van der Waals surface area (Å²) in [6.07, 6.45) is 3.54. The summed E-state index contributed by atoms with van der Waals surface area (Å²) < 4.78 is 15.4. The van der Waals surface area contributed by atoms with Crippen molar-refractivity contribution in [3.63, 3.8) is 0 Å². The van der Waals surface area contributed by atoms with E-state index in [9.17, 15) is 9.59 Å². The maximum Gasteiger partial charge on any atom is 0.331 e. The van der Waals surface area contributed by atoms with Crippen LogP contribution in [0.2, 0.25) is 5.02 Å². The van der Waals surface area contributed by atoms with E-state index in [0.29, 0.717) is 22.1 Å². The average Bonchev–Trinajstić information content (AvgIpc) is 2.54. The molecule has 0 aliphatic rings. The van der Waals surface area contributed by atoms with Gasteiger partial charge in [0.2, 0.25) is 0 Å².